The zero-order valence-electron chi connectivity index (χ0n) is 8.69. The monoisotopic (exact) mass is 347 g/mol. The molecule has 2 rings (SSSR count). The van der Waals surface area contributed by atoms with Gasteiger partial charge >= 0.3 is 0 Å². The molecule has 0 spiro atoms. The van der Waals surface area contributed by atoms with E-state index < -0.39 is 0 Å². The maximum Gasteiger partial charge on any atom is 0.141 e. The standard InChI is InChI=1S/C11H11ClIN3/c1-7(8-2-4-9(13)5-3-8)16-11(14)10(12)6-15-16/h2-7H,14H2,1H3. The molecule has 16 heavy (non-hydrogen) atoms. The third kappa shape index (κ3) is 2.17. The van der Waals surface area contributed by atoms with Gasteiger partial charge in [-0.25, -0.2) is 4.68 Å². The molecule has 1 aromatic carbocycles. The fraction of sp³-hybridized carbons (Fsp3) is 0.182. The van der Waals surface area contributed by atoms with E-state index in [-0.39, 0.29) is 6.04 Å². The number of hydrogen-bond donors (Lipinski definition) is 1. The number of aromatic nitrogens is 2. The highest BCUT2D eigenvalue weighted by molar-refractivity contribution is 14.1. The molecule has 0 aliphatic rings. The number of nitrogen functional groups attached to an aromatic ring is 1. The summed E-state index contributed by atoms with van der Waals surface area (Å²) in [4.78, 5) is 0. The van der Waals surface area contributed by atoms with Crippen LogP contribution in [0.3, 0.4) is 0 Å². The SMILES string of the molecule is CC(c1ccc(I)cc1)n1ncc(Cl)c1N. The molecule has 1 heterocycles. The molecule has 0 saturated carbocycles. The van der Waals surface area contributed by atoms with E-state index in [0.717, 1.165) is 5.56 Å². The lowest BCUT2D eigenvalue weighted by Gasteiger charge is -2.14. The number of halogens is 2. The summed E-state index contributed by atoms with van der Waals surface area (Å²) >= 11 is 8.15. The fourth-order valence-electron chi connectivity index (χ4n) is 1.54. The zero-order valence-corrected chi connectivity index (χ0v) is 11.6. The summed E-state index contributed by atoms with van der Waals surface area (Å²) in [5, 5.41) is 4.67. The molecule has 0 aliphatic carbocycles. The highest BCUT2D eigenvalue weighted by Gasteiger charge is 2.13. The highest BCUT2D eigenvalue weighted by Crippen LogP contribution is 2.25. The van der Waals surface area contributed by atoms with Gasteiger partial charge in [0.15, 0.2) is 0 Å². The van der Waals surface area contributed by atoms with E-state index >= 15 is 0 Å². The number of nitrogens with zero attached hydrogens (tertiary/aromatic N) is 2. The van der Waals surface area contributed by atoms with Gasteiger partial charge in [0.05, 0.1) is 12.2 Å². The van der Waals surface area contributed by atoms with E-state index in [2.05, 4.69) is 52.0 Å². The van der Waals surface area contributed by atoms with Crippen LogP contribution in [0.25, 0.3) is 0 Å². The first-order valence-corrected chi connectivity index (χ1v) is 6.29. The Morgan fingerprint density at radius 3 is 2.50 bits per heavy atom. The van der Waals surface area contributed by atoms with Crippen LogP contribution < -0.4 is 5.73 Å². The molecule has 5 heteroatoms. The van der Waals surface area contributed by atoms with Gasteiger partial charge in [0.2, 0.25) is 0 Å². The normalized spacial score (nSPS) is 12.7. The van der Waals surface area contributed by atoms with Crippen molar-refractivity contribution in [3.63, 3.8) is 0 Å². The Kier molecular flexibility index (Phi) is 3.39. The van der Waals surface area contributed by atoms with Gasteiger partial charge in [-0.3, -0.25) is 0 Å². The van der Waals surface area contributed by atoms with Crippen LogP contribution in [0.15, 0.2) is 30.5 Å². The Balaban J connectivity index is 2.35. The zero-order chi connectivity index (χ0) is 11.7. The van der Waals surface area contributed by atoms with Gasteiger partial charge in [0.1, 0.15) is 10.8 Å². The topological polar surface area (TPSA) is 43.8 Å². The van der Waals surface area contributed by atoms with Crippen molar-refractivity contribution in [2.45, 2.75) is 13.0 Å². The number of nitrogens with two attached hydrogens (primary N) is 1. The molecule has 2 aromatic rings. The van der Waals surface area contributed by atoms with Crippen LogP contribution in [0.4, 0.5) is 5.82 Å². The van der Waals surface area contributed by atoms with Gasteiger partial charge < -0.3 is 5.73 Å². The molecule has 1 unspecified atom stereocenters. The van der Waals surface area contributed by atoms with Crippen molar-refractivity contribution in [3.8, 4) is 0 Å². The second-order valence-corrected chi connectivity index (χ2v) is 5.20. The average molecular weight is 348 g/mol. The molecule has 0 aliphatic heterocycles. The smallest absolute Gasteiger partial charge is 0.141 e. The van der Waals surface area contributed by atoms with Crippen molar-refractivity contribution >= 4 is 40.0 Å². The molecule has 3 nitrogen and oxygen atoms in total. The molecule has 0 radical (unpaired) electrons. The Morgan fingerprint density at radius 2 is 2.00 bits per heavy atom. The van der Waals surface area contributed by atoms with Crippen molar-refractivity contribution in [2.24, 2.45) is 0 Å². The second-order valence-electron chi connectivity index (χ2n) is 3.55. The first kappa shape index (κ1) is 11.7. The molecule has 0 saturated heterocycles. The third-order valence-electron chi connectivity index (χ3n) is 2.51. The van der Waals surface area contributed by atoms with Crippen LogP contribution in [0.5, 0.6) is 0 Å². The number of rotatable bonds is 2. The quantitative estimate of drug-likeness (QED) is 0.847. The maximum absolute atomic E-state index is 5.88. The lowest BCUT2D eigenvalue weighted by Crippen LogP contribution is -2.11. The van der Waals surface area contributed by atoms with E-state index in [1.54, 1.807) is 10.9 Å². The van der Waals surface area contributed by atoms with Crippen molar-refractivity contribution in [1.29, 1.82) is 0 Å². The van der Waals surface area contributed by atoms with E-state index in [0.29, 0.717) is 10.8 Å². The predicted molar refractivity (Wildman–Crippen MR) is 74.6 cm³/mol. The summed E-state index contributed by atoms with van der Waals surface area (Å²) in [6.45, 7) is 2.04. The summed E-state index contributed by atoms with van der Waals surface area (Å²) < 4.78 is 2.94. The lowest BCUT2D eigenvalue weighted by molar-refractivity contribution is 0.573. The summed E-state index contributed by atoms with van der Waals surface area (Å²) in [6, 6.07) is 8.36. The van der Waals surface area contributed by atoms with Crippen molar-refractivity contribution in [2.75, 3.05) is 5.73 Å². The van der Waals surface area contributed by atoms with Crippen LogP contribution in [0, 0.1) is 3.57 Å². The summed E-state index contributed by atoms with van der Waals surface area (Å²) in [6.07, 6.45) is 1.57. The molecular weight excluding hydrogens is 336 g/mol. The molecule has 1 aromatic heterocycles. The van der Waals surface area contributed by atoms with Crippen molar-refractivity contribution in [1.82, 2.24) is 9.78 Å². The largest absolute Gasteiger partial charge is 0.383 e. The summed E-state index contributed by atoms with van der Waals surface area (Å²) in [5.41, 5.74) is 7.00. The molecule has 2 N–H and O–H groups in total. The Bertz CT molecular complexity index is 492. The molecule has 1 atom stereocenters. The van der Waals surface area contributed by atoms with Gasteiger partial charge in [-0.15, -0.1) is 0 Å². The lowest BCUT2D eigenvalue weighted by atomic mass is 10.1. The van der Waals surface area contributed by atoms with E-state index in [4.69, 9.17) is 17.3 Å². The minimum atomic E-state index is 0.0875. The molecule has 0 amide bonds. The van der Waals surface area contributed by atoms with Gasteiger partial charge in [-0.1, -0.05) is 23.7 Å². The summed E-state index contributed by atoms with van der Waals surface area (Å²) in [7, 11) is 0. The van der Waals surface area contributed by atoms with E-state index in [1.807, 2.05) is 6.92 Å². The van der Waals surface area contributed by atoms with Gasteiger partial charge in [0, 0.05) is 3.57 Å². The Labute approximate surface area is 113 Å². The number of anilines is 1. The molecule has 0 fully saturated rings. The second kappa shape index (κ2) is 4.63. The van der Waals surface area contributed by atoms with Crippen molar-refractivity contribution < 1.29 is 0 Å². The van der Waals surface area contributed by atoms with Crippen LogP contribution in [0.1, 0.15) is 18.5 Å². The van der Waals surface area contributed by atoms with Crippen LogP contribution >= 0.6 is 34.2 Å². The van der Waals surface area contributed by atoms with Crippen LogP contribution in [-0.4, -0.2) is 9.78 Å². The molecular formula is C11H11ClIN3. The molecule has 84 valence electrons. The average Bonchev–Trinajstić information content (AvgIpc) is 2.60. The number of benzene rings is 1. The third-order valence-corrected chi connectivity index (χ3v) is 3.52. The minimum Gasteiger partial charge on any atom is -0.383 e. The number of hydrogen-bond acceptors (Lipinski definition) is 2. The van der Waals surface area contributed by atoms with E-state index in [9.17, 15) is 0 Å². The highest BCUT2D eigenvalue weighted by atomic mass is 127. The van der Waals surface area contributed by atoms with Gasteiger partial charge in [-0.05, 0) is 47.2 Å². The van der Waals surface area contributed by atoms with Gasteiger partial charge in [0.25, 0.3) is 0 Å². The minimum absolute atomic E-state index is 0.0875. The molecule has 0 bridgehead atoms. The Hall–Kier alpha value is -0.750. The van der Waals surface area contributed by atoms with Crippen molar-refractivity contribution in [3.05, 3.63) is 44.6 Å². The van der Waals surface area contributed by atoms with Crippen LogP contribution in [-0.2, 0) is 0 Å². The van der Waals surface area contributed by atoms with Crippen LogP contribution in [0.2, 0.25) is 5.02 Å². The maximum atomic E-state index is 5.88. The van der Waals surface area contributed by atoms with E-state index in [1.165, 1.54) is 3.57 Å². The first-order valence-electron chi connectivity index (χ1n) is 4.83. The summed E-state index contributed by atoms with van der Waals surface area (Å²) in [5.74, 6) is 0.507. The Morgan fingerprint density at radius 1 is 1.38 bits per heavy atom. The van der Waals surface area contributed by atoms with Gasteiger partial charge in [-0.2, -0.15) is 5.10 Å². The first-order chi connectivity index (χ1) is 7.59. The predicted octanol–water partition coefficient (Wildman–Crippen LogP) is 3.33. The fourth-order valence-corrected chi connectivity index (χ4v) is 2.03.